The maximum absolute atomic E-state index is 15.5. The number of aromatic nitrogens is 2. The van der Waals surface area contributed by atoms with Crippen LogP contribution in [0.5, 0.6) is 0 Å². The van der Waals surface area contributed by atoms with E-state index in [1.54, 1.807) is 0 Å². The zero-order valence-corrected chi connectivity index (χ0v) is 24.2. The van der Waals surface area contributed by atoms with Crippen molar-refractivity contribution in [1.29, 1.82) is 0 Å². The summed E-state index contributed by atoms with van der Waals surface area (Å²) in [4.78, 5) is 30.8. The van der Waals surface area contributed by atoms with Crippen molar-refractivity contribution < 1.29 is 13.9 Å². The summed E-state index contributed by atoms with van der Waals surface area (Å²) in [6, 6.07) is 2.00. The Hall–Kier alpha value is -2.20. The molecule has 0 unspecified atom stereocenters. The van der Waals surface area contributed by atoms with Crippen LogP contribution >= 0.6 is 15.9 Å². The molecule has 3 aliphatic heterocycles. The number of amides is 1. The van der Waals surface area contributed by atoms with Gasteiger partial charge in [0, 0.05) is 56.6 Å². The Balaban J connectivity index is 1.39. The molecule has 8 nitrogen and oxygen atoms in total. The van der Waals surface area contributed by atoms with Crippen molar-refractivity contribution in [3.63, 3.8) is 0 Å². The molecular formula is C27H38BrFN6O2. The van der Waals surface area contributed by atoms with Crippen LogP contribution in [0.3, 0.4) is 0 Å². The SMILES string of the molecule is Cc1cc2c(N3CCC4(CC3)CN(C(=O)OC(C)(C)C)C4)nc(N3CCCN(C)CC3)nc2c(F)c1Br. The monoisotopic (exact) mass is 576 g/mol. The molecule has 0 bridgehead atoms. The van der Waals surface area contributed by atoms with E-state index < -0.39 is 5.60 Å². The largest absolute Gasteiger partial charge is 0.444 e. The number of piperidine rings is 1. The number of benzene rings is 1. The van der Waals surface area contributed by atoms with Crippen LogP contribution in [-0.2, 0) is 4.74 Å². The number of fused-ring (bicyclic) bond motifs is 1. The standard InChI is InChI=1S/C27H38BrFN6O2/c1-18-15-19-22(21(29)20(18)28)30-24(34-10-6-9-32(5)13-14-34)31-23(19)33-11-7-27(8-12-33)16-35(17-27)25(36)37-26(2,3)4/h15H,6-14,16-17H2,1-5H3. The topological polar surface area (TPSA) is 65.0 Å². The first kappa shape index (κ1) is 26.4. The molecule has 10 heteroatoms. The van der Waals surface area contributed by atoms with E-state index >= 15 is 4.39 Å². The highest BCUT2D eigenvalue weighted by Crippen LogP contribution is 2.43. The van der Waals surface area contributed by atoms with E-state index in [2.05, 4.69) is 37.7 Å². The molecule has 4 heterocycles. The van der Waals surface area contributed by atoms with Crippen LogP contribution in [0, 0.1) is 18.2 Å². The molecule has 5 rings (SSSR count). The summed E-state index contributed by atoms with van der Waals surface area (Å²) in [6.45, 7) is 14.3. The fourth-order valence-electron chi connectivity index (χ4n) is 5.66. The molecular weight excluding hydrogens is 539 g/mol. The van der Waals surface area contributed by atoms with Gasteiger partial charge in [0.25, 0.3) is 0 Å². The van der Waals surface area contributed by atoms with Crippen LogP contribution in [0.4, 0.5) is 21.0 Å². The number of carbonyl (C=O) groups excluding carboxylic acids is 1. The molecule has 0 radical (unpaired) electrons. The molecule has 0 atom stereocenters. The molecule has 37 heavy (non-hydrogen) atoms. The minimum atomic E-state index is -0.486. The van der Waals surface area contributed by atoms with Gasteiger partial charge in [-0.3, -0.25) is 0 Å². The number of hydrogen-bond acceptors (Lipinski definition) is 7. The number of ether oxygens (including phenoxy) is 1. The second kappa shape index (κ2) is 9.84. The molecule has 3 aliphatic rings. The van der Waals surface area contributed by atoms with Crippen LogP contribution in [0.25, 0.3) is 10.9 Å². The molecule has 3 fully saturated rings. The average Bonchev–Trinajstić information content (AvgIpc) is 3.04. The number of likely N-dealkylation sites (N-methyl/N-ethyl adjacent to an activating group) is 1. The Morgan fingerprint density at radius 2 is 1.76 bits per heavy atom. The van der Waals surface area contributed by atoms with Gasteiger partial charge < -0.3 is 24.3 Å². The molecule has 1 aromatic carbocycles. The van der Waals surface area contributed by atoms with Crippen molar-refractivity contribution in [2.24, 2.45) is 5.41 Å². The predicted octanol–water partition coefficient (Wildman–Crippen LogP) is 4.82. The molecule has 1 spiro atoms. The van der Waals surface area contributed by atoms with Crippen molar-refractivity contribution in [2.75, 3.05) is 69.2 Å². The number of anilines is 2. The van der Waals surface area contributed by atoms with Gasteiger partial charge in [0.1, 0.15) is 16.9 Å². The van der Waals surface area contributed by atoms with Gasteiger partial charge in [-0.25, -0.2) is 14.2 Å². The van der Waals surface area contributed by atoms with Crippen molar-refractivity contribution in [2.45, 2.75) is 52.6 Å². The Morgan fingerprint density at radius 1 is 1.05 bits per heavy atom. The highest BCUT2D eigenvalue weighted by atomic mass is 79.9. The molecule has 3 saturated heterocycles. The average molecular weight is 578 g/mol. The summed E-state index contributed by atoms with van der Waals surface area (Å²) < 4.78 is 21.5. The maximum atomic E-state index is 15.5. The Bertz CT molecular complexity index is 1190. The first-order valence-corrected chi connectivity index (χ1v) is 14.1. The second-order valence-electron chi connectivity index (χ2n) is 12.0. The van der Waals surface area contributed by atoms with Crippen LogP contribution in [0.2, 0.25) is 0 Å². The second-order valence-corrected chi connectivity index (χ2v) is 12.8. The molecule has 202 valence electrons. The predicted molar refractivity (Wildman–Crippen MR) is 148 cm³/mol. The number of likely N-dealkylation sites (tertiary alicyclic amines) is 1. The van der Waals surface area contributed by atoms with E-state index in [4.69, 9.17) is 14.7 Å². The molecule has 1 aromatic heterocycles. The third-order valence-corrected chi connectivity index (χ3v) is 8.83. The van der Waals surface area contributed by atoms with Gasteiger partial charge in [-0.05, 0) is 88.1 Å². The summed E-state index contributed by atoms with van der Waals surface area (Å²) in [7, 11) is 2.13. The quantitative estimate of drug-likeness (QED) is 0.507. The fourth-order valence-corrected chi connectivity index (χ4v) is 5.96. The normalized spacial score (nSPS) is 20.8. The summed E-state index contributed by atoms with van der Waals surface area (Å²) in [6.07, 6.45) is 2.71. The third kappa shape index (κ3) is 5.37. The van der Waals surface area contributed by atoms with Crippen molar-refractivity contribution >= 4 is 44.7 Å². The zero-order valence-electron chi connectivity index (χ0n) is 22.6. The lowest BCUT2D eigenvalue weighted by Gasteiger charge is -2.53. The zero-order chi connectivity index (χ0) is 26.5. The summed E-state index contributed by atoms with van der Waals surface area (Å²) in [5.41, 5.74) is 0.841. The highest BCUT2D eigenvalue weighted by molar-refractivity contribution is 9.10. The van der Waals surface area contributed by atoms with Gasteiger partial charge >= 0.3 is 6.09 Å². The lowest BCUT2D eigenvalue weighted by atomic mass is 9.72. The number of rotatable bonds is 2. The van der Waals surface area contributed by atoms with Crippen molar-refractivity contribution in [1.82, 2.24) is 19.8 Å². The van der Waals surface area contributed by atoms with Gasteiger partial charge in [-0.2, -0.15) is 4.98 Å². The van der Waals surface area contributed by atoms with Gasteiger partial charge in [-0.1, -0.05) is 0 Å². The Labute approximate surface area is 227 Å². The number of carbonyl (C=O) groups is 1. The van der Waals surface area contributed by atoms with E-state index in [1.807, 2.05) is 38.7 Å². The number of halogens is 2. The smallest absolute Gasteiger partial charge is 0.410 e. The van der Waals surface area contributed by atoms with Gasteiger partial charge in [0.05, 0.1) is 4.47 Å². The van der Waals surface area contributed by atoms with E-state index in [9.17, 15) is 4.79 Å². The summed E-state index contributed by atoms with van der Waals surface area (Å²) in [5, 5.41) is 0.758. The first-order chi connectivity index (χ1) is 17.4. The van der Waals surface area contributed by atoms with E-state index in [0.29, 0.717) is 15.9 Å². The highest BCUT2D eigenvalue weighted by Gasteiger charge is 2.48. The Kier molecular flexibility index (Phi) is 7.02. The molecule has 0 aliphatic carbocycles. The van der Waals surface area contributed by atoms with E-state index in [-0.39, 0.29) is 17.3 Å². The molecule has 1 amide bonds. The molecule has 2 aromatic rings. The number of hydrogen-bond donors (Lipinski definition) is 0. The molecule has 0 saturated carbocycles. The Morgan fingerprint density at radius 3 is 2.43 bits per heavy atom. The van der Waals surface area contributed by atoms with Crippen LogP contribution in [-0.4, -0.2) is 90.9 Å². The summed E-state index contributed by atoms with van der Waals surface area (Å²) >= 11 is 3.42. The van der Waals surface area contributed by atoms with Crippen molar-refractivity contribution in [3.8, 4) is 0 Å². The first-order valence-electron chi connectivity index (χ1n) is 13.3. The van der Waals surface area contributed by atoms with Crippen LogP contribution in [0.15, 0.2) is 10.5 Å². The minimum Gasteiger partial charge on any atom is -0.444 e. The van der Waals surface area contributed by atoms with E-state index in [1.165, 1.54) is 0 Å². The molecule has 0 N–H and O–H groups in total. The van der Waals surface area contributed by atoms with E-state index in [0.717, 1.165) is 88.4 Å². The van der Waals surface area contributed by atoms with Crippen LogP contribution in [0.1, 0.15) is 45.6 Å². The fraction of sp³-hybridized carbons (Fsp3) is 0.667. The number of aryl methyl sites for hydroxylation is 1. The maximum Gasteiger partial charge on any atom is 0.410 e. The van der Waals surface area contributed by atoms with Gasteiger partial charge in [0.2, 0.25) is 5.95 Å². The van der Waals surface area contributed by atoms with Crippen LogP contribution < -0.4 is 9.80 Å². The van der Waals surface area contributed by atoms with Gasteiger partial charge in [-0.15, -0.1) is 0 Å². The minimum absolute atomic E-state index is 0.124. The van der Waals surface area contributed by atoms with Gasteiger partial charge in [0.15, 0.2) is 5.82 Å². The van der Waals surface area contributed by atoms with Crippen molar-refractivity contribution in [3.05, 3.63) is 21.9 Å². The lowest BCUT2D eigenvalue weighted by Crippen LogP contribution is -2.62. The summed E-state index contributed by atoms with van der Waals surface area (Å²) in [5.74, 6) is 1.09. The third-order valence-electron chi connectivity index (χ3n) is 7.85. The lowest BCUT2D eigenvalue weighted by molar-refractivity contribution is -0.0434. The number of nitrogens with zero attached hydrogens (tertiary/aromatic N) is 6.